The van der Waals surface area contributed by atoms with Gasteiger partial charge in [-0.05, 0) is 62.1 Å². The van der Waals surface area contributed by atoms with Gasteiger partial charge in [0, 0.05) is 32.0 Å². The lowest BCUT2D eigenvalue weighted by Gasteiger charge is -2.11. The summed E-state index contributed by atoms with van der Waals surface area (Å²) in [5, 5.41) is 2.33. The Bertz CT molecular complexity index is 2690. The Morgan fingerprint density at radius 2 is 1.04 bits per heavy atom. The van der Waals surface area contributed by atoms with Crippen LogP contribution in [0.15, 0.2) is 175 Å². The van der Waals surface area contributed by atoms with Gasteiger partial charge in [0.1, 0.15) is 11.5 Å². The van der Waals surface area contributed by atoms with E-state index >= 15 is 0 Å². The Labute approximate surface area is 303 Å². The van der Waals surface area contributed by atoms with Crippen molar-refractivity contribution < 1.29 is 13.9 Å². The van der Waals surface area contributed by atoms with Crippen LogP contribution < -0.4 is 13.9 Å². The van der Waals surface area contributed by atoms with Crippen LogP contribution >= 0.6 is 0 Å². The van der Waals surface area contributed by atoms with Gasteiger partial charge >= 0.3 is 17.7 Å². The van der Waals surface area contributed by atoms with Gasteiger partial charge in [-0.2, -0.15) is 0 Å². The lowest BCUT2D eigenvalue weighted by atomic mass is 9.95. The van der Waals surface area contributed by atoms with E-state index in [2.05, 4.69) is 179 Å². The van der Waals surface area contributed by atoms with Gasteiger partial charge in [-0.25, -0.2) is 0 Å². The molecule has 52 heavy (non-hydrogen) atoms. The van der Waals surface area contributed by atoms with E-state index in [-0.39, 0.29) is 0 Å². The van der Waals surface area contributed by atoms with E-state index in [0.717, 1.165) is 73.3 Å². The molecule has 2 aliphatic rings. The molecule has 0 N–H and O–H groups in total. The van der Waals surface area contributed by atoms with Gasteiger partial charge < -0.3 is 4.74 Å². The summed E-state index contributed by atoms with van der Waals surface area (Å²) in [7, 11) is 2.02. The first kappa shape index (κ1) is 31.1. The second-order valence-corrected chi connectivity index (χ2v) is 13.1. The number of allylic oxidation sites excluding steroid dienone is 2. The maximum Gasteiger partial charge on any atom is 0.503 e. The van der Waals surface area contributed by atoms with E-state index in [9.17, 15) is 0 Å². The fourth-order valence-electron chi connectivity index (χ4n) is 7.17. The predicted molar refractivity (Wildman–Crippen MR) is 212 cm³/mol. The number of nitrogens with zero attached hydrogens (tertiary/aromatic N) is 4. The molecule has 0 saturated heterocycles. The number of para-hydroxylation sites is 1. The zero-order chi connectivity index (χ0) is 35.2. The molecule has 7 aromatic rings. The minimum Gasteiger partial charge on any atom is -0.457 e. The highest BCUT2D eigenvalue weighted by Crippen LogP contribution is 2.47. The average Bonchev–Trinajstić information content (AvgIpc) is 3.71. The van der Waals surface area contributed by atoms with Crippen molar-refractivity contribution in [3.05, 3.63) is 175 Å². The number of ether oxygens (including phenoxy) is 1. The van der Waals surface area contributed by atoms with Gasteiger partial charge in [-0.15, -0.1) is 0 Å². The van der Waals surface area contributed by atoms with Crippen LogP contribution in [-0.2, 0) is 0 Å². The quantitative estimate of drug-likeness (QED) is 0.154. The molecule has 0 bridgehead atoms. The van der Waals surface area contributed by atoms with Crippen LogP contribution in [0.25, 0.3) is 33.0 Å². The summed E-state index contributed by atoms with van der Waals surface area (Å²) in [4.78, 5) is 0. The second kappa shape index (κ2) is 12.8. The highest BCUT2D eigenvalue weighted by atomic mass is 16.5. The van der Waals surface area contributed by atoms with Crippen molar-refractivity contribution in [2.75, 3.05) is 7.05 Å². The molecule has 5 nitrogen and oxygen atoms in total. The molecule has 0 radical (unpaired) electrons. The summed E-state index contributed by atoms with van der Waals surface area (Å²) in [6.07, 6.45) is 0. The van der Waals surface area contributed by atoms with E-state index < -0.39 is 0 Å². The van der Waals surface area contributed by atoms with E-state index in [1.54, 1.807) is 0 Å². The summed E-state index contributed by atoms with van der Waals surface area (Å²) in [6, 6.07) is 64.4. The van der Waals surface area contributed by atoms with Crippen molar-refractivity contribution in [1.29, 1.82) is 0 Å². The molecule has 0 unspecified atom stereocenters. The number of fused-ring (bicyclic) bond motifs is 3. The van der Waals surface area contributed by atoms with E-state index in [1.165, 1.54) is 11.1 Å². The lowest BCUT2D eigenvalue weighted by molar-refractivity contribution is -0.445. The first-order chi connectivity index (χ1) is 25.5. The topological polar surface area (TPSA) is 21.3 Å². The van der Waals surface area contributed by atoms with Crippen molar-refractivity contribution in [3.8, 4) is 33.8 Å². The van der Waals surface area contributed by atoms with Gasteiger partial charge in [0.2, 0.25) is 17.1 Å². The molecular weight excluding hydrogens is 637 g/mol. The van der Waals surface area contributed by atoms with Crippen LogP contribution in [0.5, 0.6) is 11.5 Å². The molecular formula is C47H36N4O+4. The summed E-state index contributed by atoms with van der Waals surface area (Å²) in [6.45, 7) is 4.21. The van der Waals surface area contributed by atoms with Crippen molar-refractivity contribution in [1.82, 2.24) is 9.15 Å². The third kappa shape index (κ3) is 5.39. The third-order valence-electron chi connectivity index (χ3n) is 9.97. The average molecular weight is 673 g/mol. The lowest BCUT2D eigenvalue weighted by Crippen LogP contribution is -2.05. The monoisotopic (exact) mass is 672 g/mol. The Hall–Kier alpha value is -6.90. The van der Waals surface area contributed by atoms with Gasteiger partial charge in [0.15, 0.2) is 7.05 Å². The van der Waals surface area contributed by atoms with Crippen molar-refractivity contribution >= 4 is 51.2 Å². The molecule has 0 aliphatic carbocycles. The normalized spacial score (nSPS) is 13.4. The van der Waals surface area contributed by atoms with Gasteiger partial charge in [0.25, 0.3) is 17.1 Å². The highest BCUT2D eigenvalue weighted by Gasteiger charge is 2.41. The van der Waals surface area contributed by atoms with Crippen LogP contribution in [0.1, 0.15) is 13.8 Å². The molecule has 0 aromatic heterocycles. The molecule has 246 valence electrons. The molecule has 0 fully saturated rings. The van der Waals surface area contributed by atoms with Crippen LogP contribution in [0, 0.1) is 0 Å². The Kier molecular flexibility index (Phi) is 7.64. The van der Waals surface area contributed by atoms with Crippen LogP contribution in [0.2, 0.25) is 0 Å². The third-order valence-corrected chi connectivity index (χ3v) is 9.97. The fourth-order valence-corrected chi connectivity index (χ4v) is 7.17. The number of hydrogen-bond acceptors (Lipinski definition) is 1. The summed E-state index contributed by atoms with van der Waals surface area (Å²) in [5.41, 5.74) is 12.0. The number of rotatable bonds is 7. The zero-order valence-electron chi connectivity index (χ0n) is 29.3. The van der Waals surface area contributed by atoms with Crippen LogP contribution in [0.4, 0.5) is 28.4 Å². The van der Waals surface area contributed by atoms with Crippen LogP contribution in [0.3, 0.4) is 0 Å². The molecule has 0 amide bonds. The van der Waals surface area contributed by atoms with E-state index in [1.807, 2.05) is 35.9 Å². The summed E-state index contributed by atoms with van der Waals surface area (Å²) < 4.78 is 15.0. The molecule has 9 rings (SSSR count). The molecule has 0 atom stereocenters. The van der Waals surface area contributed by atoms with E-state index in [4.69, 9.17) is 4.74 Å². The fraction of sp³-hybridized carbons (Fsp3) is 0.0638. The Morgan fingerprint density at radius 1 is 0.462 bits per heavy atom. The SMILES string of the molecule is CC1=C(C)[N+](c2cccc(Oc3cccc([N+]4=C=[N+](c5c(-c6ccccc6)cccc5-c5ccccc5)c5c4ccc4ccccc54)c3)c2)=C=[N+]1C. The van der Waals surface area contributed by atoms with Gasteiger partial charge in [-0.1, -0.05) is 106 Å². The molecule has 2 aliphatic heterocycles. The van der Waals surface area contributed by atoms with Crippen molar-refractivity contribution in [2.24, 2.45) is 0 Å². The summed E-state index contributed by atoms with van der Waals surface area (Å²) >= 11 is 0. The maximum absolute atomic E-state index is 6.54. The number of hydrogen-bond donors (Lipinski definition) is 0. The molecule has 5 heteroatoms. The predicted octanol–water partition coefficient (Wildman–Crippen LogP) is 11.5. The first-order valence-corrected chi connectivity index (χ1v) is 17.5. The van der Waals surface area contributed by atoms with Crippen molar-refractivity contribution in [3.63, 3.8) is 0 Å². The molecule has 0 saturated carbocycles. The van der Waals surface area contributed by atoms with Crippen molar-refractivity contribution in [2.45, 2.75) is 13.8 Å². The first-order valence-electron chi connectivity index (χ1n) is 17.5. The largest absolute Gasteiger partial charge is 0.503 e. The Morgan fingerprint density at radius 3 is 1.65 bits per heavy atom. The standard InChI is InChI=1S/C47H36N4O/c1-33-34(2)49(31-48(33)3)38-20-12-22-40(29-38)52-41-23-13-21-39(30-41)50-32-51(47-44-24-11-10-19-37(44)27-28-45(47)50)46-42(35-15-6-4-7-16-35)25-14-26-43(46)36-17-8-5-9-18-36/h4-30H,1-3H3/q+4. The zero-order valence-corrected chi connectivity index (χ0v) is 29.3. The minimum atomic E-state index is 0.738. The number of benzene rings is 7. The highest BCUT2D eigenvalue weighted by molar-refractivity contribution is 6.06. The second-order valence-electron chi connectivity index (χ2n) is 13.1. The molecule has 7 aromatic carbocycles. The molecule has 0 spiro atoms. The van der Waals surface area contributed by atoms with E-state index in [0.29, 0.717) is 0 Å². The smallest absolute Gasteiger partial charge is 0.457 e. The molecule has 2 heterocycles. The summed E-state index contributed by atoms with van der Waals surface area (Å²) in [5.74, 6) is 1.49. The maximum atomic E-state index is 6.54. The van der Waals surface area contributed by atoms with Crippen LogP contribution in [-0.4, -0.2) is 28.2 Å². The van der Waals surface area contributed by atoms with Gasteiger partial charge in [-0.3, -0.25) is 0 Å². The van der Waals surface area contributed by atoms with Gasteiger partial charge in [0.05, 0.1) is 28.6 Å². The Balaban J connectivity index is 1.22. The minimum absolute atomic E-state index is 0.738.